The molecule has 4 heteroatoms. The molecule has 0 fully saturated rings. The number of aromatic nitrogens is 2. The minimum atomic E-state index is -0.0279. The Bertz CT molecular complexity index is 309. The molecule has 1 aromatic rings. The standard InChI is InChI=1S/C12H23N3O/c1-5-10(4)14-11(7-16)12-6-13-8-15(12)9(2)3/h6,8-11,14,16H,5,7H2,1-4H3. The van der Waals surface area contributed by atoms with Crippen molar-refractivity contribution in [2.75, 3.05) is 6.61 Å². The summed E-state index contributed by atoms with van der Waals surface area (Å²) in [7, 11) is 0. The summed E-state index contributed by atoms with van der Waals surface area (Å²) in [5.41, 5.74) is 1.05. The number of rotatable bonds is 6. The molecule has 0 bridgehead atoms. The number of aliphatic hydroxyl groups is 1. The summed E-state index contributed by atoms with van der Waals surface area (Å²) in [5, 5.41) is 12.8. The first kappa shape index (κ1) is 13.2. The maximum absolute atomic E-state index is 9.44. The second-order valence-electron chi connectivity index (χ2n) is 4.53. The van der Waals surface area contributed by atoms with Gasteiger partial charge in [-0.25, -0.2) is 4.98 Å². The third-order valence-corrected chi connectivity index (χ3v) is 2.89. The molecule has 1 rings (SSSR count). The van der Waals surface area contributed by atoms with Crippen molar-refractivity contribution >= 4 is 0 Å². The van der Waals surface area contributed by atoms with Gasteiger partial charge in [-0.05, 0) is 27.2 Å². The Morgan fingerprint density at radius 2 is 2.12 bits per heavy atom. The third kappa shape index (κ3) is 3.06. The molecule has 92 valence electrons. The SMILES string of the molecule is CCC(C)NC(CO)c1cncn1C(C)C. The average molecular weight is 225 g/mol. The van der Waals surface area contributed by atoms with E-state index in [0.717, 1.165) is 12.1 Å². The van der Waals surface area contributed by atoms with E-state index in [-0.39, 0.29) is 12.6 Å². The van der Waals surface area contributed by atoms with Crippen LogP contribution in [0.25, 0.3) is 0 Å². The van der Waals surface area contributed by atoms with Crippen LogP contribution < -0.4 is 5.32 Å². The fourth-order valence-corrected chi connectivity index (χ4v) is 1.71. The number of nitrogens with one attached hydrogen (secondary N) is 1. The van der Waals surface area contributed by atoms with Crippen LogP contribution in [0.15, 0.2) is 12.5 Å². The van der Waals surface area contributed by atoms with Gasteiger partial charge in [0.15, 0.2) is 0 Å². The van der Waals surface area contributed by atoms with E-state index in [0.29, 0.717) is 12.1 Å². The molecule has 0 aliphatic carbocycles. The second kappa shape index (κ2) is 6.01. The molecule has 0 radical (unpaired) electrons. The molecular weight excluding hydrogens is 202 g/mol. The molecule has 0 aliphatic rings. The predicted molar refractivity (Wildman–Crippen MR) is 65.3 cm³/mol. The van der Waals surface area contributed by atoms with Crippen LogP contribution >= 0.6 is 0 Å². The van der Waals surface area contributed by atoms with Crippen molar-refractivity contribution in [2.24, 2.45) is 0 Å². The van der Waals surface area contributed by atoms with Gasteiger partial charge in [0.25, 0.3) is 0 Å². The van der Waals surface area contributed by atoms with E-state index in [1.807, 2.05) is 12.5 Å². The molecule has 16 heavy (non-hydrogen) atoms. The molecule has 0 aromatic carbocycles. The van der Waals surface area contributed by atoms with Crippen molar-refractivity contribution in [2.45, 2.75) is 52.2 Å². The summed E-state index contributed by atoms with van der Waals surface area (Å²) in [5.74, 6) is 0. The second-order valence-corrected chi connectivity index (χ2v) is 4.53. The summed E-state index contributed by atoms with van der Waals surface area (Å²) in [6.45, 7) is 8.58. The zero-order valence-corrected chi connectivity index (χ0v) is 10.6. The Morgan fingerprint density at radius 1 is 1.44 bits per heavy atom. The summed E-state index contributed by atoms with van der Waals surface area (Å²) >= 11 is 0. The summed E-state index contributed by atoms with van der Waals surface area (Å²) in [6.07, 6.45) is 4.70. The van der Waals surface area contributed by atoms with Crippen LogP contribution in [0, 0.1) is 0 Å². The van der Waals surface area contributed by atoms with E-state index in [4.69, 9.17) is 0 Å². The smallest absolute Gasteiger partial charge is 0.0951 e. The van der Waals surface area contributed by atoms with E-state index >= 15 is 0 Å². The highest BCUT2D eigenvalue weighted by Crippen LogP contribution is 2.17. The fourth-order valence-electron chi connectivity index (χ4n) is 1.71. The van der Waals surface area contributed by atoms with E-state index in [1.54, 1.807) is 0 Å². The van der Waals surface area contributed by atoms with Gasteiger partial charge in [0.2, 0.25) is 0 Å². The van der Waals surface area contributed by atoms with E-state index in [2.05, 4.69) is 42.6 Å². The molecule has 0 amide bonds. The van der Waals surface area contributed by atoms with Gasteiger partial charge in [-0.1, -0.05) is 6.92 Å². The van der Waals surface area contributed by atoms with E-state index in [1.165, 1.54) is 0 Å². The lowest BCUT2D eigenvalue weighted by molar-refractivity contribution is 0.227. The highest BCUT2D eigenvalue weighted by atomic mass is 16.3. The van der Waals surface area contributed by atoms with Crippen LogP contribution in [0.4, 0.5) is 0 Å². The van der Waals surface area contributed by atoms with Gasteiger partial charge in [0.05, 0.1) is 24.7 Å². The molecule has 4 nitrogen and oxygen atoms in total. The largest absolute Gasteiger partial charge is 0.394 e. The third-order valence-electron chi connectivity index (χ3n) is 2.89. The number of hydrogen-bond acceptors (Lipinski definition) is 3. The van der Waals surface area contributed by atoms with Crippen molar-refractivity contribution in [1.29, 1.82) is 0 Å². The Balaban J connectivity index is 2.82. The fraction of sp³-hybridized carbons (Fsp3) is 0.750. The Labute approximate surface area is 97.7 Å². The molecule has 0 spiro atoms. The maximum Gasteiger partial charge on any atom is 0.0951 e. The molecule has 0 saturated heterocycles. The van der Waals surface area contributed by atoms with E-state index < -0.39 is 0 Å². The lowest BCUT2D eigenvalue weighted by Crippen LogP contribution is -2.33. The lowest BCUT2D eigenvalue weighted by atomic mass is 10.1. The summed E-state index contributed by atoms with van der Waals surface area (Å²) in [6, 6.07) is 0.734. The first-order chi connectivity index (χ1) is 7.60. The topological polar surface area (TPSA) is 50.1 Å². The Morgan fingerprint density at radius 3 is 2.62 bits per heavy atom. The Kier molecular flexibility index (Phi) is 4.96. The van der Waals surface area contributed by atoms with Gasteiger partial charge in [-0.3, -0.25) is 0 Å². The van der Waals surface area contributed by atoms with Crippen molar-refractivity contribution in [1.82, 2.24) is 14.9 Å². The Hall–Kier alpha value is -0.870. The van der Waals surface area contributed by atoms with Gasteiger partial charge in [0, 0.05) is 18.3 Å². The molecule has 2 unspecified atom stereocenters. The highest BCUT2D eigenvalue weighted by molar-refractivity contribution is 5.07. The maximum atomic E-state index is 9.44. The van der Waals surface area contributed by atoms with Gasteiger partial charge in [-0.15, -0.1) is 0 Å². The summed E-state index contributed by atoms with van der Waals surface area (Å²) < 4.78 is 2.09. The van der Waals surface area contributed by atoms with Gasteiger partial charge in [0.1, 0.15) is 0 Å². The van der Waals surface area contributed by atoms with E-state index in [9.17, 15) is 5.11 Å². The van der Waals surface area contributed by atoms with Gasteiger partial charge >= 0.3 is 0 Å². The summed E-state index contributed by atoms with van der Waals surface area (Å²) in [4.78, 5) is 4.16. The van der Waals surface area contributed by atoms with Crippen molar-refractivity contribution in [3.05, 3.63) is 18.2 Å². The van der Waals surface area contributed by atoms with Crippen LogP contribution in [0.2, 0.25) is 0 Å². The van der Waals surface area contributed by atoms with Gasteiger partial charge in [-0.2, -0.15) is 0 Å². The normalized spacial score (nSPS) is 15.4. The molecule has 2 N–H and O–H groups in total. The van der Waals surface area contributed by atoms with Crippen molar-refractivity contribution in [3.63, 3.8) is 0 Å². The highest BCUT2D eigenvalue weighted by Gasteiger charge is 2.17. The number of hydrogen-bond donors (Lipinski definition) is 2. The molecule has 0 aliphatic heterocycles. The van der Waals surface area contributed by atoms with Crippen LogP contribution in [0.1, 0.15) is 51.9 Å². The molecular formula is C12H23N3O. The number of aliphatic hydroxyl groups excluding tert-OH is 1. The van der Waals surface area contributed by atoms with Crippen molar-refractivity contribution in [3.8, 4) is 0 Å². The van der Waals surface area contributed by atoms with Gasteiger partial charge < -0.3 is 15.0 Å². The minimum absolute atomic E-state index is 0.0279. The van der Waals surface area contributed by atoms with Crippen LogP contribution in [0.3, 0.4) is 0 Å². The molecule has 1 heterocycles. The van der Waals surface area contributed by atoms with Crippen LogP contribution in [-0.2, 0) is 0 Å². The molecule has 1 aromatic heterocycles. The molecule has 0 saturated carbocycles. The number of imidazole rings is 1. The van der Waals surface area contributed by atoms with Crippen LogP contribution in [0.5, 0.6) is 0 Å². The van der Waals surface area contributed by atoms with Crippen LogP contribution in [-0.4, -0.2) is 27.3 Å². The quantitative estimate of drug-likeness (QED) is 0.777. The number of nitrogens with zero attached hydrogens (tertiary/aromatic N) is 2. The molecule has 2 atom stereocenters. The monoisotopic (exact) mass is 225 g/mol. The first-order valence-electron chi connectivity index (χ1n) is 5.98. The minimum Gasteiger partial charge on any atom is -0.394 e. The predicted octanol–water partition coefficient (Wildman–Crippen LogP) is 1.89. The van der Waals surface area contributed by atoms with Crippen molar-refractivity contribution < 1.29 is 5.11 Å². The first-order valence-corrected chi connectivity index (χ1v) is 5.98. The lowest BCUT2D eigenvalue weighted by Gasteiger charge is -2.23. The zero-order chi connectivity index (χ0) is 12.1. The average Bonchev–Trinajstić information content (AvgIpc) is 2.74. The zero-order valence-electron chi connectivity index (χ0n) is 10.6.